The van der Waals surface area contributed by atoms with Crippen molar-refractivity contribution in [3.8, 4) is 0 Å². The van der Waals surface area contributed by atoms with Gasteiger partial charge < -0.3 is 15.2 Å². The second kappa shape index (κ2) is 6.56. The molecule has 0 atom stereocenters. The van der Waals surface area contributed by atoms with Crippen LogP contribution in [0.3, 0.4) is 0 Å². The molecule has 6 heteroatoms. The Labute approximate surface area is 99.3 Å². The monoisotopic (exact) mass is 255 g/mol. The molecule has 1 fully saturated rings. The molecule has 0 amide bonds. The fourth-order valence-electron chi connectivity index (χ4n) is 1.77. The Morgan fingerprint density at radius 1 is 1.29 bits per heavy atom. The first-order valence-electron chi connectivity index (χ1n) is 5.94. The molecule has 0 spiro atoms. The van der Waals surface area contributed by atoms with Crippen LogP contribution in [-0.4, -0.2) is 44.2 Å². The minimum absolute atomic E-state index is 0.125. The highest BCUT2D eigenvalue weighted by atomic mass is 19.4. The zero-order valence-electron chi connectivity index (χ0n) is 9.85. The number of ether oxygens (including phenoxy) is 1. The van der Waals surface area contributed by atoms with Gasteiger partial charge in [-0.15, -0.1) is 0 Å². The summed E-state index contributed by atoms with van der Waals surface area (Å²) >= 11 is 0. The Bertz CT molecular complexity index is 217. The molecule has 102 valence electrons. The van der Waals surface area contributed by atoms with E-state index in [1.165, 1.54) is 0 Å². The summed E-state index contributed by atoms with van der Waals surface area (Å²) in [6.45, 7) is 0.662. The van der Waals surface area contributed by atoms with Crippen LogP contribution in [0.15, 0.2) is 0 Å². The van der Waals surface area contributed by atoms with Gasteiger partial charge in [0.05, 0.1) is 0 Å². The summed E-state index contributed by atoms with van der Waals surface area (Å²) in [5.74, 6) is 0. The third kappa shape index (κ3) is 6.85. The van der Waals surface area contributed by atoms with Crippen molar-refractivity contribution >= 4 is 0 Å². The van der Waals surface area contributed by atoms with Crippen LogP contribution in [0.4, 0.5) is 13.2 Å². The Morgan fingerprint density at radius 3 is 2.53 bits per heavy atom. The van der Waals surface area contributed by atoms with Crippen LogP contribution in [0.25, 0.3) is 0 Å². The molecule has 0 aromatic rings. The maximum Gasteiger partial charge on any atom is 0.411 e. The van der Waals surface area contributed by atoms with Crippen molar-refractivity contribution < 1.29 is 23.0 Å². The molecule has 0 saturated heterocycles. The number of rotatable bonds is 9. The van der Waals surface area contributed by atoms with Gasteiger partial charge in [0.2, 0.25) is 0 Å². The Hall–Kier alpha value is -0.330. The average molecular weight is 255 g/mol. The highest BCUT2D eigenvalue weighted by molar-refractivity contribution is 4.94. The van der Waals surface area contributed by atoms with Crippen LogP contribution in [0.2, 0.25) is 0 Å². The number of alkyl halides is 3. The van der Waals surface area contributed by atoms with E-state index in [2.05, 4.69) is 10.1 Å². The third-order valence-corrected chi connectivity index (χ3v) is 3.01. The van der Waals surface area contributed by atoms with Crippen LogP contribution in [0.5, 0.6) is 0 Å². The maximum atomic E-state index is 11.7. The molecule has 0 unspecified atom stereocenters. The third-order valence-electron chi connectivity index (χ3n) is 3.01. The zero-order chi connectivity index (χ0) is 12.8. The van der Waals surface area contributed by atoms with Crippen LogP contribution in [-0.2, 0) is 4.74 Å². The van der Waals surface area contributed by atoms with E-state index in [1.54, 1.807) is 0 Å². The zero-order valence-corrected chi connectivity index (χ0v) is 9.85. The van der Waals surface area contributed by atoms with E-state index in [-0.39, 0.29) is 18.6 Å². The SMILES string of the molecule is OCCC1(CNCCCOCC(F)(F)F)CC1. The maximum absolute atomic E-state index is 11.7. The smallest absolute Gasteiger partial charge is 0.396 e. The second-order valence-electron chi connectivity index (χ2n) is 4.67. The van der Waals surface area contributed by atoms with Crippen LogP contribution in [0, 0.1) is 5.41 Å². The number of hydrogen-bond donors (Lipinski definition) is 2. The summed E-state index contributed by atoms with van der Waals surface area (Å²) < 4.78 is 39.6. The van der Waals surface area contributed by atoms with Crippen molar-refractivity contribution in [2.75, 3.05) is 32.9 Å². The topological polar surface area (TPSA) is 41.5 Å². The molecule has 2 N–H and O–H groups in total. The highest BCUT2D eigenvalue weighted by Crippen LogP contribution is 2.47. The highest BCUT2D eigenvalue weighted by Gasteiger charge is 2.41. The molecule has 0 bridgehead atoms. The van der Waals surface area contributed by atoms with Crippen molar-refractivity contribution in [1.82, 2.24) is 5.32 Å². The van der Waals surface area contributed by atoms with Crippen molar-refractivity contribution in [2.45, 2.75) is 31.9 Å². The summed E-state index contributed by atoms with van der Waals surface area (Å²) in [5.41, 5.74) is 0.252. The normalized spacial score (nSPS) is 18.4. The van der Waals surface area contributed by atoms with Crippen LogP contribution in [0.1, 0.15) is 25.7 Å². The number of nitrogens with one attached hydrogen (secondary N) is 1. The Morgan fingerprint density at radius 2 is 2.00 bits per heavy atom. The molecule has 0 aliphatic heterocycles. The molecule has 0 heterocycles. The lowest BCUT2D eigenvalue weighted by molar-refractivity contribution is -0.173. The van der Waals surface area contributed by atoms with Gasteiger partial charge in [-0.25, -0.2) is 0 Å². The lowest BCUT2D eigenvalue weighted by Crippen LogP contribution is -2.26. The first-order valence-corrected chi connectivity index (χ1v) is 5.94. The number of hydrogen-bond acceptors (Lipinski definition) is 3. The van der Waals surface area contributed by atoms with Gasteiger partial charge in [-0.2, -0.15) is 13.2 Å². The van der Waals surface area contributed by atoms with Gasteiger partial charge in [-0.1, -0.05) is 0 Å². The summed E-state index contributed by atoms with van der Waals surface area (Å²) in [7, 11) is 0. The molecule has 0 aromatic heterocycles. The molecular formula is C11H20F3NO2. The molecule has 1 aliphatic rings. The van der Waals surface area contributed by atoms with Gasteiger partial charge in [-0.05, 0) is 37.6 Å². The first kappa shape index (κ1) is 14.7. The predicted octanol–water partition coefficient (Wildman–Crippen LogP) is 1.71. The number of halogens is 3. The van der Waals surface area contributed by atoms with Crippen molar-refractivity contribution in [1.29, 1.82) is 0 Å². The lowest BCUT2D eigenvalue weighted by Gasteiger charge is -2.14. The Balaban J connectivity index is 1.88. The van der Waals surface area contributed by atoms with Gasteiger partial charge in [0.25, 0.3) is 0 Å². The fraction of sp³-hybridized carbons (Fsp3) is 1.00. The predicted molar refractivity (Wildman–Crippen MR) is 57.7 cm³/mol. The van der Waals surface area contributed by atoms with E-state index < -0.39 is 12.8 Å². The number of aliphatic hydroxyl groups is 1. The molecule has 1 rings (SSSR count). The fourth-order valence-corrected chi connectivity index (χ4v) is 1.77. The standard InChI is InChI=1S/C11H20F3NO2/c12-11(13,14)9-17-7-1-5-15-8-10(2-3-10)4-6-16/h15-16H,1-9H2. The second-order valence-corrected chi connectivity index (χ2v) is 4.67. The summed E-state index contributed by atoms with van der Waals surface area (Å²) in [6.07, 6.45) is -0.585. The summed E-state index contributed by atoms with van der Waals surface area (Å²) in [4.78, 5) is 0. The van der Waals surface area contributed by atoms with Crippen molar-refractivity contribution in [3.63, 3.8) is 0 Å². The van der Waals surface area contributed by atoms with Crippen LogP contribution >= 0.6 is 0 Å². The van der Waals surface area contributed by atoms with E-state index in [1.807, 2.05) is 0 Å². The minimum atomic E-state index is -4.23. The first-order chi connectivity index (χ1) is 7.97. The molecule has 0 aromatic carbocycles. The van der Waals surface area contributed by atoms with Gasteiger partial charge in [0.1, 0.15) is 6.61 Å². The largest absolute Gasteiger partial charge is 0.411 e. The van der Waals surface area contributed by atoms with E-state index in [0.717, 1.165) is 25.8 Å². The van der Waals surface area contributed by atoms with Gasteiger partial charge >= 0.3 is 6.18 Å². The van der Waals surface area contributed by atoms with Gasteiger partial charge in [0.15, 0.2) is 0 Å². The summed E-state index contributed by atoms with van der Waals surface area (Å²) in [5, 5.41) is 12.0. The molecule has 0 radical (unpaired) electrons. The molecule has 1 saturated carbocycles. The van der Waals surface area contributed by atoms with Crippen LogP contribution < -0.4 is 5.32 Å². The Kier molecular flexibility index (Phi) is 5.69. The van der Waals surface area contributed by atoms with Crippen molar-refractivity contribution in [3.05, 3.63) is 0 Å². The quantitative estimate of drug-likeness (QED) is 0.616. The average Bonchev–Trinajstić information content (AvgIpc) is 2.96. The van der Waals surface area contributed by atoms with Crippen molar-refractivity contribution in [2.24, 2.45) is 5.41 Å². The molecular weight excluding hydrogens is 235 g/mol. The van der Waals surface area contributed by atoms with Gasteiger partial charge in [0, 0.05) is 19.8 Å². The molecule has 1 aliphatic carbocycles. The lowest BCUT2D eigenvalue weighted by atomic mass is 10.0. The molecule has 17 heavy (non-hydrogen) atoms. The summed E-state index contributed by atoms with van der Waals surface area (Å²) in [6, 6.07) is 0. The van der Waals surface area contributed by atoms with E-state index in [9.17, 15) is 13.2 Å². The molecule has 3 nitrogen and oxygen atoms in total. The number of aliphatic hydroxyl groups excluding tert-OH is 1. The van der Waals surface area contributed by atoms with E-state index in [0.29, 0.717) is 13.0 Å². The van der Waals surface area contributed by atoms with E-state index in [4.69, 9.17) is 5.11 Å². The van der Waals surface area contributed by atoms with E-state index >= 15 is 0 Å². The van der Waals surface area contributed by atoms with Gasteiger partial charge in [-0.3, -0.25) is 0 Å². The minimum Gasteiger partial charge on any atom is -0.396 e.